The Kier molecular flexibility index (Phi) is 3.14. The first kappa shape index (κ1) is 14.0. The van der Waals surface area contributed by atoms with Gasteiger partial charge in [-0.2, -0.15) is 0 Å². The van der Waals surface area contributed by atoms with E-state index in [0.717, 1.165) is 24.2 Å². The number of hydrogen-bond acceptors (Lipinski definition) is 1. The number of rotatable bonds is 1. The van der Waals surface area contributed by atoms with Crippen LogP contribution in [0.1, 0.15) is 71.6 Å². The molecule has 0 aromatic heterocycles. The van der Waals surface area contributed by atoms with E-state index < -0.39 is 0 Å². The summed E-state index contributed by atoms with van der Waals surface area (Å²) in [5.41, 5.74) is 2.62. The molecule has 0 spiro atoms. The van der Waals surface area contributed by atoms with Gasteiger partial charge in [0.15, 0.2) is 0 Å². The van der Waals surface area contributed by atoms with Crippen LogP contribution in [-0.4, -0.2) is 6.29 Å². The fraction of sp³-hybridized carbons (Fsp3) is 0.850. The van der Waals surface area contributed by atoms with Crippen molar-refractivity contribution in [3.63, 3.8) is 0 Å². The molecule has 0 amide bonds. The molecule has 0 radical (unpaired) electrons. The Morgan fingerprint density at radius 3 is 2.76 bits per heavy atom. The molecule has 1 unspecified atom stereocenters. The number of allylic oxidation sites excluding steroid dienone is 2. The topological polar surface area (TPSA) is 17.1 Å². The van der Waals surface area contributed by atoms with Gasteiger partial charge in [-0.15, -0.1) is 0 Å². The normalized spacial score (nSPS) is 52.4. The van der Waals surface area contributed by atoms with E-state index in [9.17, 15) is 4.79 Å². The molecule has 4 rings (SSSR count). The molecule has 0 saturated heterocycles. The van der Waals surface area contributed by atoms with Gasteiger partial charge >= 0.3 is 0 Å². The highest BCUT2D eigenvalue weighted by Crippen LogP contribution is 2.65. The summed E-state index contributed by atoms with van der Waals surface area (Å²) in [7, 11) is 0. The van der Waals surface area contributed by atoms with Crippen molar-refractivity contribution in [2.45, 2.75) is 71.6 Å². The van der Waals surface area contributed by atoms with Crippen LogP contribution in [-0.2, 0) is 4.79 Å². The van der Waals surface area contributed by atoms with Crippen LogP contribution >= 0.6 is 0 Å². The summed E-state index contributed by atoms with van der Waals surface area (Å²) in [4.78, 5) is 11.5. The van der Waals surface area contributed by atoms with Crippen LogP contribution in [0.5, 0.6) is 0 Å². The number of fused-ring (bicyclic) bond motifs is 5. The van der Waals surface area contributed by atoms with Gasteiger partial charge < -0.3 is 4.79 Å². The summed E-state index contributed by atoms with van der Waals surface area (Å²) in [5.74, 6) is 2.91. The lowest BCUT2D eigenvalue weighted by atomic mass is 9.47. The Hall–Kier alpha value is -0.590. The van der Waals surface area contributed by atoms with E-state index >= 15 is 0 Å². The molecule has 3 saturated carbocycles. The van der Waals surface area contributed by atoms with Crippen LogP contribution in [0.4, 0.5) is 0 Å². The second kappa shape index (κ2) is 4.70. The zero-order chi connectivity index (χ0) is 14.7. The van der Waals surface area contributed by atoms with Crippen LogP contribution < -0.4 is 0 Å². The van der Waals surface area contributed by atoms with Crippen molar-refractivity contribution in [2.75, 3.05) is 0 Å². The minimum Gasteiger partial charge on any atom is -0.303 e. The molecule has 0 aromatic carbocycles. The maximum Gasteiger partial charge on any atom is 0.123 e. The van der Waals surface area contributed by atoms with Crippen LogP contribution in [0.15, 0.2) is 11.6 Å². The number of hydrogen-bond donors (Lipinski definition) is 0. The standard InChI is InChI=1S/C20H30O/c1-19-11-4-3-5-14(19)6-8-16-17-9-7-15(13-21)20(17,2)12-10-18(16)19/h6,13,15-18H,3-5,7-12H2,1-2H3/t15?,16-,17-,18-,19-,20+/m0/s1. The first-order valence-electron chi connectivity index (χ1n) is 9.24. The third-order valence-electron chi connectivity index (χ3n) is 8.26. The Labute approximate surface area is 129 Å². The maximum absolute atomic E-state index is 11.5. The third kappa shape index (κ3) is 1.79. The molecular formula is C20H30O. The van der Waals surface area contributed by atoms with Gasteiger partial charge in [0.1, 0.15) is 6.29 Å². The Bertz CT molecular complexity index is 478. The Balaban J connectivity index is 1.69. The highest BCUT2D eigenvalue weighted by atomic mass is 16.1. The molecule has 4 aliphatic carbocycles. The predicted molar refractivity (Wildman–Crippen MR) is 85.9 cm³/mol. The van der Waals surface area contributed by atoms with Gasteiger partial charge in [0.2, 0.25) is 0 Å². The highest BCUT2D eigenvalue weighted by Gasteiger charge is 2.58. The fourth-order valence-corrected chi connectivity index (χ4v) is 6.96. The van der Waals surface area contributed by atoms with E-state index in [2.05, 4.69) is 19.9 Å². The number of carbonyl (C=O) groups is 1. The van der Waals surface area contributed by atoms with Crippen molar-refractivity contribution in [1.29, 1.82) is 0 Å². The van der Waals surface area contributed by atoms with Crippen LogP contribution in [0.25, 0.3) is 0 Å². The van der Waals surface area contributed by atoms with Crippen LogP contribution in [0.2, 0.25) is 0 Å². The van der Waals surface area contributed by atoms with Crippen molar-refractivity contribution >= 4 is 6.29 Å². The monoisotopic (exact) mass is 286 g/mol. The van der Waals surface area contributed by atoms with Gasteiger partial charge in [-0.1, -0.05) is 31.9 Å². The predicted octanol–water partition coefficient (Wildman–Crippen LogP) is 5.15. The average Bonchev–Trinajstić information content (AvgIpc) is 2.83. The van der Waals surface area contributed by atoms with Gasteiger partial charge in [-0.05, 0) is 80.0 Å². The van der Waals surface area contributed by atoms with E-state index in [0.29, 0.717) is 16.7 Å². The first-order chi connectivity index (χ1) is 10.1. The summed E-state index contributed by atoms with van der Waals surface area (Å²) in [6.07, 6.45) is 16.0. The SMILES string of the molecule is C[C@]12CCCCC1=CC[C@@H]1[C@@H]2CC[C@]2(C)C(C=O)CC[C@@H]12. The number of carbonyl (C=O) groups excluding carboxylic acids is 1. The molecule has 0 bridgehead atoms. The van der Waals surface area contributed by atoms with Crippen molar-refractivity contribution in [3.8, 4) is 0 Å². The lowest BCUT2D eigenvalue weighted by Crippen LogP contribution is -2.49. The van der Waals surface area contributed by atoms with E-state index in [1.807, 2.05) is 0 Å². The molecule has 0 heterocycles. The number of aldehydes is 1. The smallest absolute Gasteiger partial charge is 0.123 e. The molecule has 116 valence electrons. The van der Waals surface area contributed by atoms with E-state index in [4.69, 9.17) is 0 Å². The summed E-state index contributed by atoms with van der Waals surface area (Å²) in [6, 6.07) is 0. The molecule has 0 aliphatic heterocycles. The first-order valence-corrected chi connectivity index (χ1v) is 9.24. The van der Waals surface area contributed by atoms with Crippen molar-refractivity contribution in [2.24, 2.45) is 34.5 Å². The summed E-state index contributed by atoms with van der Waals surface area (Å²) in [6.45, 7) is 5.01. The van der Waals surface area contributed by atoms with Gasteiger partial charge in [0.25, 0.3) is 0 Å². The maximum atomic E-state index is 11.5. The molecule has 0 N–H and O–H groups in total. The van der Waals surface area contributed by atoms with Crippen molar-refractivity contribution in [3.05, 3.63) is 11.6 Å². The molecule has 0 aromatic rings. The summed E-state index contributed by atoms with van der Waals surface area (Å²) < 4.78 is 0. The summed E-state index contributed by atoms with van der Waals surface area (Å²) in [5, 5.41) is 0. The molecule has 1 heteroatoms. The quantitative estimate of drug-likeness (QED) is 0.481. The molecule has 21 heavy (non-hydrogen) atoms. The zero-order valence-electron chi connectivity index (χ0n) is 13.7. The van der Waals surface area contributed by atoms with Gasteiger partial charge in [0.05, 0.1) is 0 Å². The molecule has 3 fully saturated rings. The molecule has 1 nitrogen and oxygen atoms in total. The van der Waals surface area contributed by atoms with Gasteiger partial charge in [-0.3, -0.25) is 0 Å². The Morgan fingerprint density at radius 1 is 1.10 bits per heavy atom. The lowest BCUT2D eigenvalue weighted by molar-refractivity contribution is -0.117. The van der Waals surface area contributed by atoms with E-state index in [1.165, 1.54) is 57.7 Å². The largest absolute Gasteiger partial charge is 0.303 e. The molecule has 6 atom stereocenters. The molecule has 4 aliphatic rings. The zero-order valence-corrected chi connectivity index (χ0v) is 13.7. The van der Waals surface area contributed by atoms with E-state index in [1.54, 1.807) is 5.57 Å². The lowest BCUT2D eigenvalue weighted by Gasteiger charge is -2.57. The second-order valence-electron chi connectivity index (χ2n) is 8.83. The van der Waals surface area contributed by atoms with Gasteiger partial charge in [-0.25, -0.2) is 0 Å². The van der Waals surface area contributed by atoms with Crippen molar-refractivity contribution in [1.82, 2.24) is 0 Å². The van der Waals surface area contributed by atoms with Crippen molar-refractivity contribution < 1.29 is 4.79 Å². The second-order valence-corrected chi connectivity index (χ2v) is 8.83. The third-order valence-corrected chi connectivity index (χ3v) is 8.26. The minimum atomic E-state index is 0.319. The minimum absolute atomic E-state index is 0.319. The van der Waals surface area contributed by atoms with Crippen LogP contribution in [0, 0.1) is 34.5 Å². The average molecular weight is 286 g/mol. The highest BCUT2D eigenvalue weighted by molar-refractivity contribution is 5.56. The summed E-state index contributed by atoms with van der Waals surface area (Å²) >= 11 is 0. The van der Waals surface area contributed by atoms with E-state index in [-0.39, 0.29) is 0 Å². The van der Waals surface area contributed by atoms with Crippen LogP contribution in [0.3, 0.4) is 0 Å². The Morgan fingerprint density at radius 2 is 1.95 bits per heavy atom. The fourth-order valence-electron chi connectivity index (χ4n) is 6.96. The molecular weight excluding hydrogens is 256 g/mol. The van der Waals surface area contributed by atoms with Gasteiger partial charge in [0, 0.05) is 5.92 Å².